The lowest BCUT2D eigenvalue weighted by atomic mass is 10.3. The molecule has 0 fully saturated rings. The van der Waals surface area contributed by atoms with E-state index in [0.717, 1.165) is 19.4 Å². The van der Waals surface area contributed by atoms with Gasteiger partial charge in [-0.1, -0.05) is 6.08 Å². The monoisotopic (exact) mass is 171 g/mol. The second-order valence-electron chi connectivity index (χ2n) is 2.74. The SMILES string of the molecule is C=CCCCN(C)CC(=O)OC. The van der Waals surface area contributed by atoms with Crippen LogP contribution in [0.15, 0.2) is 12.7 Å². The van der Waals surface area contributed by atoms with Crippen LogP contribution < -0.4 is 0 Å². The Morgan fingerprint density at radius 2 is 2.33 bits per heavy atom. The van der Waals surface area contributed by atoms with Crippen molar-refractivity contribution in [1.82, 2.24) is 4.90 Å². The molecular weight excluding hydrogens is 154 g/mol. The van der Waals surface area contributed by atoms with Crippen molar-refractivity contribution in [1.29, 1.82) is 0 Å². The molecule has 0 aromatic heterocycles. The Hall–Kier alpha value is -0.830. The zero-order chi connectivity index (χ0) is 9.40. The highest BCUT2D eigenvalue weighted by molar-refractivity contribution is 5.71. The first-order valence-electron chi connectivity index (χ1n) is 4.07. The molecule has 0 rings (SSSR count). The van der Waals surface area contributed by atoms with Gasteiger partial charge in [-0.3, -0.25) is 9.69 Å². The summed E-state index contributed by atoms with van der Waals surface area (Å²) < 4.78 is 4.53. The normalized spacial score (nSPS) is 9.92. The quantitative estimate of drug-likeness (QED) is 0.340. The standard InChI is InChI=1S/C9H17NO2/c1-4-5-6-7-10(2)8-9(11)12-3/h4H,1,5-8H2,2-3H3. The second-order valence-corrected chi connectivity index (χ2v) is 2.74. The van der Waals surface area contributed by atoms with Crippen LogP contribution in [0.3, 0.4) is 0 Å². The van der Waals surface area contributed by atoms with Gasteiger partial charge < -0.3 is 4.74 Å². The fourth-order valence-electron chi connectivity index (χ4n) is 0.870. The van der Waals surface area contributed by atoms with Crippen molar-refractivity contribution in [2.45, 2.75) is 12.8 Å². The van der Waals surface area contributed by atoms with Crippen molar-refractivity contribution < 1.29 is 9.53 Å². The second kappa shape index (κ2) is 6.85. The Kier molecular flexibility index (Phi) is 6.38. The lowest BCUT2D eigenvalue weighted by Crippen LogP contribution is -2.27. The summed E-state index contributed by atoms with van der Waals surface area (Å²) >= 11 is 0. The fraction of sp³-hybridized carbons (Fsp3) is 0.667. The molecule has 0 aliphatic heterocycles. The van der Waals surface area contributed by atoms with E-state index in [1.807, 2.05) is 18.0 Å². The molecule has 0 bridgehead atoms. The van der Waals surface area contributed by atoms with Gasteiger partial charge in [-0.2, -0.15) is 0 Å². The number of likely N-dealkylation sites (N-methyl/N-ethyl adjacent to an activating group) is 1. The number of nitrogens with zero attached hydrogens (tertiary/aromatic N) is 1. The van der Waals surface area contributed by atoms with Gasteiger partial charge in [0, 0.05) is 0 Å². The largest absolute Gasteiger partial charge is 0.468 e. The van der Waals surface area contributed by atoms with Gasteiger partial charge in [0.1, 0.15) is 0 Å². The van der Waals surface area contributed by atoms with E-state index in [1.54, 1.807) is 0 Å². The molecule has 0 radical (unpaired) electrons. The molecule has 12 heavy (non-hydrogen) atoms. The summed E-state index contributed by atoms with van der Waals surface area (Å²) in [5.74, 6) is -0.184. The number of methoxy groups -OCH3 is 1. The summed E-state index contributed by atoms with van der Waals surface area (Å²) in [6.45, 7) is 4.90. The van der Waals surface area contributed by atoms with Crippen LogP contribution in [0.25, 0.3) is 0 Å². The molecule has 0 aromatic rings. The van der Waals surface area contributed by atoms with Crippen LogP contribution in [0.4, 0.5) is 0 Å². The van der Waals surface area contributed by atoms with Gasteiger partial charge in [0.25, 0.3) is 0 Å². The maximum Gasteiger partial charge on any atom is 0.319 e. The van der Waals surface area contributed by atoms with E-state index < -0.39 is 0 Å². The van der Waals surface area contributed by atoms with E-state index in [-0.39, 0.29) is 5.97 Å². The van der Waals surface area contributed by atoms with E-state index in [0.29, 0.717) is 6.54 Å². The van der Waals surface area contributed by atoms with Gasteiger partial charge >= 0.3 is 5.97 Å². The zero-order valence-corrected chi connectivity index (χ0v) is 7.88. The summed E-state index contributed by atoms with van der Waals surface area (Å²) in [4.78, 5) is 12.7. The molecule has 0 atom stereocenters. The van der Waals surface area contributed by atoms with Crippen LogP contribution in [0.1, 0.15) is 12.8 Å². The number of allylic oxidation sites excluding steroid dienone is 1. The summed E-state index contributed by atoms with van der Waals surface area (Å²) in [6, 6.07) is 0. The van der Waals surface area contributed by atoms with Crippen LogP contribution in [-0.4, -0.2) is 38.1 Å². The predicted octanol–water partition coefficient (Wildman–Crippen LogP) is 1.06. The Bertz CT molecular complexity index is 145. The number of esters is 1. The average molecular weight is 171 g/mol. The maximum absolute atomic E-state index is 10.8. The van der Waals surface area contributed by atoms with E-state index >= 15 is 0 Å². The number of unbranched alkanes of at least 4 members (excludes halogenated alkanes) is 1. The van der Waals surface area contributed by atoms with Crippen LogP contribution in [0.5, 0.6) is 0 Å². The average Bonchev–Trinajstić information content (AvgIpc) is 2.05. The molecule has 0 saturated carbocycles. The minimum absolute atomic E-state index is 0.184. The highest BCUT2D eigenvalue weighted by Gasteiger charge is 2.04. The first kappa shape index (κ1) is 11.2. The minimum Gasteiger partial charge on any atom is -0.468 e. The summed E-state index contributed by atoms with van der Waals surface area (Å²) in [6.07, 6.45) is 3.91. The van der Waals surface area contributed by atoms with Crippen LogP contribution in [0.2, 0.25) is 0 Å². The molecule has 0 heterocycles. The van der Waals surface area contributed by atoms with Crippen LogP contribution in [-0.2, 0) is 9.53 Å². The highest BCUT2D eigenvalue weighted by Crippen LogP contribution is 1.93. The molecule has 0 aliphatic carbocycles. The molecule has 0 amide bonds. The van der Waals surface area contributed by atoms with Gasteiger partial charge in [-0.25, -0.2) is 0 Å². The van der Waals surface area contributed by atoms with E-state index in [2.05, 4.69) is 11.3 Å². The first-order chi connectivity index (χ1) is 5.70. The fourth-order valence-corrected chi connectivity index (χ4v) is 0.870. The third-order valence-electron chi connectivity index (χ3n) is 1.57. The van der Waals surface area contributed by atoms with Crippen molar-refractivity contribution in [2.75, 3.05) is 27.2 Å². The predicted molar refractivity (Wildman–Crippen MR) is 48.9 cm³/mol. The number of hydrogen-bond acceptors (Lipinski definition) is 3. The number of carbonyl (C=O) groups excluding carboxylic acids is 1. The Labute approximate surface area is 74.0 Å². The molecule has 0 unspecified atom stereocenters. The third kappa shape index (κ3) is 5.92. The molecule has 0 spiro atoms. The number of hydrogen-bond donors (Lipinski definition) is 0. The van der Waals surface area contributed by atoms with Crippen molar-refractivity contribution in [3.63, 3.8) is 0 Å². The molecular formula is C9H17NO2. The molecule has 0 aromatic carbocycles. The lowest BCUT2D eigenvalue weighted by Gasteiger charge is -2.13. The molecule has 3 nitrogen and oxygen atoms in total. The van der Waals surface area contributed by atoms with Crippen LogP contribution >= 0.6 is 0 Å². The maximum atomic E-state index is 10.8. The molecule has 0 aliphatic rings. The number of ether oxygens (including phenoxy) is 1. The summed E-state index contributed by atoms with van der Waals surface area (Å²) in [5.41, 5.74) is 0. The van der Waals surface area contributed by atoms with E-state index in [4.69, 9.17) is 0 Å². The highest BCUT2D eigenvalue weighted by atomic mass is 16.5. The van der Waals surface area contributed by atoms with Gasteiger partial charge in [-0.15, -0.1) is 6.58 Å². The summed E-state index contributed by atoms with van der Waals surface area (Å²) in [5, 5.41) is 0. The Balaban J connectivity index is 3.38. The van der Waals surface area contributed by atoms with Crippen molar-refractivity contribution in [3.8, 4) is 0 Å². The number of rotatable bonds is 6. The third-order valence-corrected chi connectivity index (χ3v) is 1.57. The molecule has 70 valence electrons. The smallest absolute Gasteiger partial charge is 0.319 e. The van der Waals surface area contributed by atoms with Gasteiger partial charge in [0.15, 0.2) is 0 Å². The Morgan fingerprint density at radius 1 is 1.67 bits per heavy atom. The zero-order valence-electron chi connectivity index (χ0n) is 7.88. The topological polar surface area (TPSA) is 29.5 Å². The number of carbonyl (C=O) groups is 1. The van der Waals surface area contributed by atoms with Crippen LogP contribution in [0, 0.1) is 0 Å². The van der Waals surface area contributed by atoms with E-state index in [1.165, 1.54) is 7.11 Å². The summed E-state index contributed by atoms with van der Waals surface area (Å²) in [7, 11) is 3.31. The van der Waals surface area contributed by atoms with Crippen molar-refractivity contribution in [3.05, 3.63) is 12.7 Å². The molecule has 3 heteroatoms. The molecule has 0 saturated heterocycles. The minimum atomic E-state index is -0.184. The van der Waals surface area contributed by atoms with E-state index in [9.17, 15) is 4.79 Å². The molecule has 0 N–H and O–H groups in total. The Morgan fingerprint density at radius 3 is 2.83 bits per heavy atom. The van der Waals surface area contributed by atoms with Crippen molar-refractivity contribution in [2.24, 2.45) is 0 Å². The van der Waals surface area contributed by atoms with Gasteiger partial charge in [0.05, 0.1) is 13.7 Å². The van der Waals surface area contributed by atoms with Gasteiger partial charge in [-0.05, 0) is 26.4 Å². The van der Waals surface area contributed by atoms with Crippen molar-refractivity contribution >= 4 is 5.97 Å². The van der Waals surface area contributed by atoms with Gasteiger partial charge in [0.2, 0.25) is 0 Å². The lowest BCUT2D eigenvalue weighted by molar-refractivity contribution is -0.141. The first-order valence-corrected chi connectivity index (χ1v) is 4.07.